The molecule has 0 unspecified atom stereocenters. The van der Waals surface area contributed by atoms with Crippen LogP contribution in [0.3, 0.4) is 0 Å². The Morgan fingerprint density at radius 1 is 0.650 bits per heavy atom. The summed E-state index contributed by atoms with van der Waals surface area (Å²) in [6.07, 6.45) is 6.03. The number of hydrogen-bond acceptors (Lipinski definition) is 0. The molecule has 0 fully saturated rings. The molecular formula is C20H21. The van der Waals surface area contributed by atoms with Crippen LogP contribution in [-0.2, 0) is 6.42 Å². The van der Waals surface area contributed by atoms with E-state index in [9.17, 15) is 0 Å². The van der Waals surface area contributed by atoms with E-state index in [1.54, 1.807) is 0 Å². The third-order valence-corrected chi connectivity index (χ3v) is 4.07. The standard InChI is InChI=1S/C20H21/c1-2-3-4-5-9-16-11-8-13-20-18-12-7-6-10-17(18)14-15-19(16)20/h6-8,10-15H,1-5,9H2. The fourth-order valence-electron chi connectivity index (χ4n) is 2.99. The molecule has 1 radical (unpaired) electrons. The zero-order valence-electron chi connectivity index (χ0n) is 11.9. The molecule has 0 aliphatic carbocycles. The summed E-state index contributed by atoms with van der Waals surface area (Å²) in [4.78, 5) is 0. The lowest BCUT2D eigenvalue weighted by Gasteiger charge is -2.09. The van der Waals surface area contributed by atoms with Gasteiger partial charge in [-0.05, 0) is 39.9 Å². The monoisotopic (exact) mass is 261 g/mol. The Hall–Kier alpha value is -1.82. The van der Waals surface area contributed by atoms with Crippen molar-refractivity contribution in [2.45, 2.75) is 32.1 Å². The Morgan fingerprint density at radius 2 is 1.50 bits per heavy atom. The van der Waals surface area contributed by atoms with E-state index >= 15 is 0 Å². The average Bonchev–Trinajstić information content (AvgIpc) is 2.51. The first-order chi connectivity index (χ1) is 9.90. The Morgan fingerprint density at radius 3 is 2.40 bits per heavy atom. The van der Waals surface area contributed by atoms with Gasteiger partial charge in [-0.15, -0.1) is 0 Å². The Kier molecular flexibility index (Phi) is 4.01. The summed E-state index contributed by atoms with van der Waals surface area (Å²) in [7, 11) is 0. The average molecular weight is 261 g/mol. The molecule has 0 aliphatic heterocycles. The topological polar surface area (TPSA) is 0 Å². The van der Waals surface area contributed by atoms with Gasteiger partial charge in [0.25, 0.3) is 0 Å². The maximum atomic E-state index is 3.91. The third kappa shape index (κ3) is 2.56. The first-order valence-corrected chi connectivity index (χ1v) is 7.59. The van der Waals surface area contributed by atoms with Crippen molar-refractivity contribution in [2.24, 2.45) is 0 Å². The van der Waals surface area contributed by atoms with E-state index in [1.165, 1.54) is 52.8 Å². The Balaban J connectivity index is 1.99. The second kappa shape index (κ2) is 6.09. The number of aryl methyl sites for hydroxylation is 1. The van der Waals surface area contributed by atoms with Gasteiger partial charge < -0.3 is 0 Å². The molecule has 0 aromatic heterocycles. The van der Waals surface area contributed by atoms with Crippen LogP contribution in [0.5, 0.6) is 0 Å². The van der Waals surface area contributed by atoms with Crippen LogP contribution in [0.1, 0.15) is 31.2 Å². The van der Waals surface area contributed by atoms with E-state index in [0.717, 1.165) is 6.42 Å². The summed E-state index contributed by atoms with van der Waals surface area (Å²) >= 11 is 0. The molecule has 20 heavy (non-hydrogen) atoms. The summed E-state index contributed by atoms with van der Waals surface area (Å²) in [6, 6.07) is 19.9. The van der Waals surface area contributed by atoms with Crippen molar-refractivity contribution in [3.05, 3.63) is 67.1 Å². The van der Waals surface area contributed by atoms with Crippen LogP contribution in [0.25, 0.3) is 21.5 Å². The minimum Gasteiger partial charge on any atom is -0.0616 e. The van der Waals surface area contributed by atoms with Crippen molar-refractivity contribution in [3.63, 3.8) is 0 Å². The van der Waals surface area contributed by atoms with Gasteiger partial charge >= 0.3 is 0 Å². The Labute approximate surface area is 121 Å². The van der Waals surface area contributed by atoms with Crippen molar-refractivity contribution in [1.82, 2.24) is 0 Å². The Bertz CT molecular complexity index is 709. The van der Waals surface area contributed by atoms with Gasteiger partial charge in [-0.2, -0.15) is 0 Å². The molecule has 0 aliphatic rings. The lowest BCUT2D eigenvalue weighted by molar-refractivity contribution is 0.687. The number of unbranched alkanes of at least 4 members (excludes halogenated alkanes) is 3. The molecule has 0 N–H and O–H groups in total. The molecule has 0 spiro atoms. The molecule has 0 atom stereocenters. The number of fused-ring (bicyclic) bond motifs is 3. The van der Waals surface area contributed by atoms with Crippen LogP contribution in [-0.4, -0.2) is 0 Å². The molecule has 3 aromatic rings. The van der Waals surface area contributed by atoms with Gasteiger partial charge in [0.2, 0.25) is 0 Å². The molecule has 0 heterocycles. The molecule has 0 nitrogen and oxygen atoms in total. The van der Waals surface area contributed by atoms with Gasteiger partial charge in [-0.25, -0.2) is 0 Å². The van der Waals surface area contributed by atoms with Crippen LogP contribution in [0.15, 0.2) is 54.6 Å². The summed E-state index contributed by atoms with van der Waals surface area (Å²) in [6.45, 7) is 3.91. The predicted octanol–water partition coefficient (Wildman–Crippen LogP) is 5.93. The van der Waals surface area contributed by atoms with Crippen molar-refractivity contribution < 1.29 is 0 Å². The summed E-state index contributed by atoms with van der Waals surface area (Å²) in [5, 5.41) is 5.50. The molecule has 0 heteroatoms. The maximum Gasteiger partial charge on any atom is -0.0103 e. The van der Waals surface area contributed by atoms with E-state index in [0.29, 0.717) is 0 Å². The minimum absolute atomic E-state index is 1.06. The molecular weight excluding hydrogens is 240 g/mol. The highest BCUT2D eigenvalue weighted by molar-refractivity contribution is 6.08. The van der Waals surface area contributed by atoms with Gasteiger partial charge in [0.05, 0.1) is 0 Å². The second-order valence-corrected chi connectivity index (χ2v) is 5.46. The van der Waals surface area contributed by atoms with E-state index in [2.05, 4.69) is 61.5 Å². The van der Waals surface area contributed by atoms with Gasteiger partial charge in [0.15, 0.2) is 0 Å². The van der Waals surface area contributed by atoms with Crippen molar-refractivity contribution in [3.8, 4) is 0 Å². The second-order valence-electron chi connectivity index (χ2n) is 5.46. The first-order valence-electron chi connectivity index (χ1n) is 7.59. The summed E-state index contributed by atoms with van der Waals surface area (Å²) in [5.41, 5.74) is 1.48. The molecule has 3 aromatic carbocycles. The van der Waals surface area contributed by atoms with Crippen LogP contribution in [0.4, 0.5) is 0 Å². The van der Waals surface area contributed by atoms with E-state index in [-0.39, 0.29) is 0 Å². The quantitative estimate of drug-likeness (QED) is 0.394. The highest BCUT2D eigenvalue weighted by atomic mass is 14.1. The van der Waals surface area contributed by atoms with Crippen LogP contribution >= 0.6 is 0 Å². The predicted molar refractivity (Wildman–Crippen MR) is 89.0 cm³/mol. The molecule has 101 valence electrons. The zero-order chi connectivity index (χ0) is 13.8. The normalized spacial score (nSPS) is 11.2. The number of rotatable bonds is 5. The molecule has 0 saturated heterocycles. The van der Waals surface area contributed by atoms with Crippen molar-refractivity contribution in [1.29, 1.82) is 0 Å². The smallest absolute Gasteiger partial charge is 0.0103 e. The van der Waals surface area contributed by atoms with Crippen molar-refractivity contribution >= 4 is 21.5 Å². The lowest BCUT2D eigenvalue weighted by atomic mass is 9.96. The molecule has 0 bridgehead atoms. The van der Waals surface area contributed by atoms with Gasteiger partial charge in [0.1, 0.15) is 0 Å². The highest BCUT2D eigenvalue weighted by Crippen LogP contribution is 2.28. The molecule has 0 saturated carbocycles. The van der Waals surface area contributed by atoms with E-state index < -0.39 is 0 Å². The van der Waals surface area contributed by atoms with Crippen LogP contribution < -0.4 is 0 Å². The van der Waals surface area contributed by atoms with E-state index in [1.807, 2.05) is 0 Å². The largest absolute Gasteiger partial charge is 0.0616 e. The van der Waals surface area contributed by atoms with Gasteiger partial charge in [-0.3, -0.25) is 0 Å². The van der Waals surface area contributed by atoms with Gasteiger partial charge in [0, 0.05) is 0 Å². The third-order valence-electron chi connectivity index (χ3n) is 4.07. The zero-order valence-corrected chi connectivity index (χ0v) is 11.9. The SMILES string of the molecule is [CH2]CCCCCc1cccc2c1ccc1ccccc12. The fourth-order valence-corrected chi connectivity index (χ4v) is 2.99. The lowest BCUT2D eigenvalue weighted by Crippen LogP contribution is -1.89. The van der Waals surface area contributed by atoms with Gasteiger partial charge in [-0.1, -0.05) is 80.8 Å². The van der Waals surface area contributed by atoms with E-state index in [4.69, 9.17) is 0 Å². The maximum absolute atomic E-state index is 3.91. The molecule has 0 amide bonds. The number of benzene rings is 3. The summed E-state index contributed by atoms with van der Waals surface area (Å²) in [5.74, 6) is 0. The van der Waals surface area contributed by atoms with Crippen LogP contribution in [0.2, 0.25) is 0 Å². The minimum atomic E-state index is 1.06. The number of hydrogen-bond donors (Lipinski definition) is 0. The first kappa shape index (κ1) is 13.2. The van der Waals surface area contributed by atoms with Crippen LogP contribution in [0, 0.1) is 6.92 Å². The van der Waals surface area contributed by atoms with Crippen molar-refractivity contribution in [2.75, 3.05) is 0 Å². The fraction of sp³-hybridized carbons (Fsp3) is 0.250. The highest BCUT2D eigenvalue weighted by Gasteiger charge is 2.04. The molecule has 3 rings (SSSR count). The summed E-state index contributed by atoms with van der Waals surface area (Å²) < 4.78 is 0.